The summed E-state index contributed by atoms with van der Waals surface area (Å²) in [6.07, 6.45) is 0.616. The molecule has 1 aromatic heterocycles. The molecule has 0 unspecified atom stereocenters. The molecule has 0 fully saturated rings. The van der Waals surface area contributed by atoms with Crippen molar-refractivity contribution < 1.29 is 4.79 Å². The van der Waals surface area contributed by atoms with Crippen LogP contribution in [0.1, 0.15) is 51.1 Å². The summed E-state index contributed by atoms with van der Waals surface area (Å²) in [5.41, 5.74) is 3.36. The number of hydrogen-bond acceptors (Lipinski definition) is 2. The van der Waals surface area contributed by atoms with Gasteiger partial charge in [0.2, 0.25) is 5.91 Å². The average Bonchev–Trinajstić information content (AvgIpc) is 2.53. The second-order valence-corrected chi connectivity index (χ2v) is 6.54. The van der Waals surface area contributed by atoms with Crippen molar-refractivity contribution in [2.45, 2.75) is 54.5 Å². The predicted molar refractivity (Wildman–Crippen MR) is 82.4 cm³/mol. The maximum atomic E-state index is 12.4. The Morgan fingerprint density at radius 1 is 1.20 bits per heavy atom. The van der Waals surface area contributed by atoms with E-state index in [0.29, 0.717) is 24.8 Å². The fourth-order valence-corrected chi connectivity index (χ4v) is 2.41. The summed E-state index contributed by atoms with van der Waals surface area (Å²) in [5.74, 6) is 1.12. The van der Waals surface area contributed by atoms with Crippen LogP contribution >= 0.6 is 0 Å². The molecule has 1 rings (SSSR count). The van der Waals surface area contributed by atoms with Gasteiger partial charge in [-0.3, -0.25) is 9.48 Å². The normalized spacial score (nSPS) is 11.4. The van der Waals surface area contributed by atoms with Crippen LogP contribution in [0.2, 0.25) is 0 Å². The Morgan fingerprint density at radius 2 is 1.80 bits per heavy atom. The number of nitrogens with zero attached hydrogens (tertiary/aromatic N) is 3. The molecule has 0 atom stereocenters. The van der Waals surface area contributed by atoms with Crippen molar-refractivity contribution in [3.05, 3.63) is 17.0 Å². The van der Waals surface area contributed by atoms with E-state index in [2.05, 4.69) is 39.7 Å². The zero-order valence-electron chi connectivity index (χ0n) is 14.0. The highest BCUT2D eigenvalue weighted by Crippen LogP contribution is 2.17. The van der Waals surface area contributed by atoms with Gasteiger partial charge in [0.05, 0.1) is 5.69 Å². The molecule has 1 amide bonds. The first-order valence-electron chi connectivity index (χ1n) is 7.49. The van der Waals surface area contributed by atoms with Gasteiger partial charge in [0.15, 0.2) is 0 Å². The molecule has 4 nitrogen and oxygen atoms in total. The second kappa shape index (κ2) is 6.91. The van der Waals surface area contributed by atoms with Gasteiger partial charge >= 0.3 is 0 Å². The Morgan fingerprint density at radius 3 is 2.20 bits per heavy atom. The molecule has 1 heterocycles. The van der Waals surface area contributed by atoms with Crippen LogP contribution in [0, 0.1) is 25.7 Å². The van der Waals surface area contributed by atoms with Crippen molar-refractivity contribution in [1.29, 1.82) is 0 Å². The summed E-state index contributed by atoms with van der Waals surface area (Å²) in [7, 11) is 1.95. The summed E-state index contributed by atoms with van der Waals surface area (Å²) in [6.45, 7) is 14.0. The van der Waals surface area contributed by atoms with Crippen LogP contribution < -0.4 is 0 Å². The minimum Gasteiger partial charge on any atom is -0.338 e. The molecular formula is C16H29N3O. The van der Waals surface area contributed by atoms with Gasteiger partial charge in [-0.25, -0.2) is 0 Å². The van der Waals surface area contributed by atoms with E-state index >= 15 is 0 Å². The number of carbonyl (C=O) groups excluding carboxylic acids is 1. The Hall–Kier alpha value is -1.32. The summed E-state index contributed by atoms with van der Waals surface area (Å²) < 4.78 is 1.89. The average molecular weight is 279 g/mol. The van der Waals surface area contributed by atoms with E-state index in [1.807, 2.05) is 23.6 Å². The van der Waals surface area contributed by atoms with Gasteiger partial charge in [-0.05, 0) is 25.7 Å². The highest BCUT2D eigenvalue weighted by Gasteiger charge is 2.20. The molecule has 114 valence electrons. The van der Waals surface area contributed by atoms with E-state index in [4.69, 9.17) is 0 Å². The Kier molecular flexibility index (Phi) is 5.78. The van der Waals surface area contributed by atoms with Crippen LogP contribution in [-0.2, 0) is 18.4 Å². The van der Waals surface area contributed by atoms with Gasteiger partial charge in [-0.2, -0.15) is 5.10 Å². The number of carbonyl (C=O) groups is 1. The van der Waals surface area contributed by atoms with Crippen LogP contribution in [0.15, 0.2) is 0 Å². The molecular weight excluding hydrogens is 250 g/mol. The molecule has 0 aliphatic carbocycles. The smallest absolute Gasteiger partial charge is 0.223 e. The first kappa shape index (κ1) is 16.7. The van der Waals surface area contributed by atoms with Crippen molar-refractivity contribution in [3.8, 4) is 0 Å². The van der Waals surface area contributed by atoms with Crippen molar-refractivity contribution in [2.75, 3.05) is 6.54 Å². The van der Waals surface area contributed by atoms with E-state index in [9.17, 15) is 4.79 Å². The highest BCUT2D eigenvalue weighted by molar-refractivity contribution is 5.76. The largest absolute Gasteiger partial charge is 0.338 e. The Labute approximate surface area is 123 Å². The quantitative estimate of drug-likeness (QED) is 0.802. The monoisotopic (exact) mass is 279 g/mol. The maximum Gasteiger partial charge on any atom is 0.223 e. The van der Waals surface area contributed by atoms with Gasteiger partial charge in [0.25, 0.3) is 0 Å². The van der Waals surface area contributed by atoms with Crippen molar-refractivity contribution in [1.82, 2.24) is 14.7 Å². The molecule has 0 bridgehead atoms. The topological polar surface area (TPSA) is 38.1 Å². The third-order valence-corrected chi connectivity index (χ3v) is 3.53. The number of rotatable bonds is 6. The van der Waals surface area contributed by atoms with Crippen LogP contribution in [-0.4, -0.2) is 27.1 Å². The molecule has 0 N–H and O–H groups in total. The minimum absolute atomic E-state index is 0.247. The number of aromatic nitrogens is 2. The minimum atomic E-state index is 0.247. The standard InChI is InChI=1S/C16H29N3O/c1-11(2)8-16(20)19(9-12(3)4)10-15-13(5)17-18(7)14(15)6/h11-12H,8-10H2,1-7H3. The van der Waals surface area contributed by atoms with Gasteiger partial charge in [-0.1, -0.05) is 27.7 Å². The van der Waals surface area contributed by atoms with Crippen molar-refractivity contribution in [2.24, 2.45) is 18.9 Å². The lowest BCUT2D eigenvalue weighted by Crippen LogP contribution is -2.34. The van der Waals surface area contributed by atoms with Crippen molar-refractivity contribution in [3.63, 3.8) is 0 Å². The van der Waals surface area contributed by atoms with E-state index in [0.717, 1.165) is 17.9 Å². The van der Waals surface area contributed by atoms with Gasteiger partial charge in [0.1, 0.15) is 0 Å². The third-order valence-electron chi connectivity index (χ3n) is 3.53. The Balaban J connectivity index is 2.91. The maximum absolute atomic E-state index is 12.4. The highest BCUT2D eigenvalue weighted by atomic mass is 16.2. The molecule has 0 aromatic carbocycles. The van der Waals surface area contributed by atoms with Crippen LogP contribution in [0.4, 0.5) is 0 Å². The van der Waals surface area contributed by atoms with Gasteiger partial charge < -0.3 is 4.90 Å². The first-order valence-corrected chi connectivity index (χ1v) is 7.49. The van der Waals surface area contributed by atoms with Crippen LogP contribution in [0.5, 0.6) is 0 Å². The lowest BCUT2D eigenvalue weighted by atomic mass is 10.1. The van der Waals surface area contributed by atoms with Gasteiger partial charge in [0, 0.05) is 37.8 Å². The summed E-state index contributed by atoms with van der Waals surface area (Å²) in [5, 5.41) is 4.44. The lowest BCUT2D eigenvalue weighted by Gasteiger charge is -2.25. The summed E-state index contributed by atoms with van der Waals surface area (Å²) in [4.78, 5) is 14.4. The predicted octanol–water partition coefficient (Wildman–Crippen LogP) is 3.07. The fraction of sp³-hybridized carbons (Fsp3) is 0.750. The number of hydrogen-bond donors (Lipinski definition) is 0. The SMILES string of the molecule is Cc1nn(C)c(C)c1CN(CC(C)C)C(=O)CC(C)C. The van der Waals surface area contributed by atoms with E-state index in [-0.39, 0.29) is 5.91 Å². The van der Waals surface area contributed by atoms with Crippen molar-refractivity contribution >= 4 is 5.91 Å². The fourth-order valence-electron chi connectivity index (χ4n) is 2.41. The molecule has 0 aliphatic rings. The molecule has 0 spiro atoms. The third kappa shape index (κ3) is 4.36. The molecule has 4 heteroatoms. The lowest BCUT2D eigenvalue weighted by molar-refractivity contribution is -0.133. The molecule has 1 aromatic rings. The molecule has 0 saturated carbocycles. The molecule has 20 heavy (non-hydrogen) atoms. The molecule has 0 radical (unpaired) electrons. The second-order valence-electron chi connectivity index (χ2n) is 6.54. The first-order chi connectivity index (χ1) is 9.22. The number of amides is 1. The van der Waals surface area contributed by atoms with E-state index < -0.39 is 0 Å². The van der Waals surface area contributed by atoms with Gasteiger partial charge in [-0.15, -0.1) is 0 Å². The Bertz CT molecular complexity index is 461. The summed E-state index contributed by atoms with van der Waals surface area (Å²) in [6, 6.07) is 0. The molecule has 0 aliphatic heterocycles. The van der Waals surface area contributed by atoms with E-state index in [1.165, 1.54) is 5.56 Å². The number of aryl methyl sites for hydroxylation is 2. The van der Waals surface area contributed by atoms with Crippen LogP contribution in [0.3, 0.4) is 0 Å². The zero-order chi connectivity index (χ0) is 15.4. The molecule has 0 saturated heterocycles. The van der Waals surface area contributed by atoms with Crippen LogP contribution in [0.25, 0.3) is 0 Å². The zero-order valence-corrected chi connectivity index (χ0v) is 14.0. The summed E-state index contributed by atoms with van der Waals surface area (Å²) >= 11 is 0. The van der Waals surface area contributed by atoms with E-state index in [1.54, 1.807) is 0 Å².